The highest BCUT2D eigenvalue weighted by Crippen LogP contribution is 2.26. The van der Waals surface area contributed by atoms with E-state index in [9.17, 15) is 13.6 Å². The Balaban J connectivity index is 2.05. The molecule has 1 atom stereocenters. The van der Waals surface area contributed by atoms with E-state index in [-0.39, 0.29) is 16.7 Å². The average Bonchev–Trinajstić information content (AvgIpc) is 2.96. The highest BCUT2D eigenvalue weighted by Gasteiger charge is 2.20. The molecule has 2 rings (SSSR count). The number of amides is 1. The van der Waals surface area contributed by atoms with Gasteiger partial charge in [-0.15, -0.1) is 11.3 Å². The lowest BCUT2D eigenvalue weighted by atomic mass is 10.0. The molecule has 0 radical (unpaired) electrons. The van der Waals surface area contributed by atoms with Gasteiger partial charge in [-0.3, -0.25) is 4.79 Å². The summed E-state index contributed by atoms with van der Waals surface area (Å²) < 4.78 is 29.1. The molecule has 1 N–H and O–H groups in total. The Labute approximate surface area is 144 Å². The second-order valence-electron chi connectivity index (χ2n) is 5.59. The van der Waals surface area contributed by atoms with Crippen molar-refractivity contribution < 1.29 is 18.3 Å². The van der Waals surface area contributed by atoms with Crippen LogP contribution >= 0.6 is 11.3 Å². The van der Waals surface area contributed by atoms with Gasteiger partial charge in [0.1, 0.15) is 10.6 Å². The van der Waals surface area contributed by atoms with Crippen molar-refractivity contribution in [1.82, 2.24) is 10.2 Å². The molecule has 0 aliphatic carbocycles. The highest BCUT2D eigenvalue weighted by molar-refractivity contribution is 7.12. The van der Waals surface area contributed by atoms with Gasteiger partial charge in [0, 0.05) is 6.54 Å². The number of halogens is 2. The number of carbonyl (C=O) groups excluding carboxylic acids is 1. The van der Waals surface area contributed by atoms with E-state index in [0.29, 0.717) is 6.54 Å². The van der Waals surface area contributed by atoms with E-state index in [1.54, 1.807) is 5.38 Å². The van der Waals surface area contributed by atoms with Crippen molar-refractivity contribution in [3.05, 3.63) is 51.7 Å². The van der Waals surface area contributed by atoms with Crippen molar-refractivity contribution in [3.8, 4) is 5.75 Å². The monoisotopic (exact) mass is 354 g/mol. The molecule has 24 heavy (non-hydrogen) atoms. The van der Waals surface area contributed by atoms with Crippen LogP contribution in [0.15, 0.2) is 35.7 Å². The van der Waals surface area contributed by atoms with Crippen molar-refractivity contribution in [1.29, 1.82) is 0 Å². The van der Waals surface area contributed by atoms with Crippen LogP contribution in [0.4, 0.5) is 8.78 Å². The number of hydrogen-bond donors (Lipinski definition) is 1. The molecule has 1 unspecified atom stereocenters. The lowest BCUT2D eigenvalue weighted by Gasteiger charge is -2.25. The van der Waals surface area contributed by atoms with Gasteiger partial charge in [-0.1, -0.05) is 29.8 Å². The number of alkyl halides is 2. The first-order valence-corrected chi connectivity index (χ1v) is 8.30. The molecule has 2 aromatic rings. The van der Waals surface area contributed by atoms with Gasteiger partial charge in [-0.05, 0) is 38.0 Å². The quantitative estimate of drug-likeness (QED) is 0.824. The Bertz CT molecular complexity index is 671. The number of nitrogens with zero attached hydrogens (tertiary/aromatic N) is 1. The van der Waals surface area contributed by atoms with Gasteiger partial charge in [-0.25, -0.2) is 0 Å². The van der Waals surface area contributed by atoms with Crippen molar-refractivity contribution in [3.63, 3.8) is 0 Å². The number of ether oxygens (including phenoxy) is 1. The lowest BCUT2D eigenvalue weighted by Crippen LogP contribution is -2.34. The molecule has 4 nitrogen and oxygen atoms in total. The minimum absolute atomic E-state index is 0.0195. The van der Waals surface area contributed by atoms with Crippen molar-refractivity contribution in [2.75, 3.05) is 20.6 Å². The molecule has 0 saturated carbocycles. The molecular formula is C17H20F2N2O2S. The number of thiophene rings is 1. The summed E-state index contributed by atoms with van der Waals surface area (Å²) in [5.41, 5.74) is 2.23. The van der Waals surface area contributed by atoms with E-state index in [0.717, 1.165) is 22.5 Å². The van der Waals surface area contributed by atoms with Crippen LogP contribution < -0.4 is 10.1 Å². The predicted molar refractivity (Wildman–Crippen MR) is 90.9 cm³/mol. The molecule has 1 heterocycles. The number of aryl methyl sites for hydroxylation is 1. The minimum atomic E-state index is -2.95. The highest BCUT2D eigenvalue weighted by atomic mass is 32.1. The number of likely N-dealkylation sites (N-methyl/N-ethyl adjacent to an activating group) is 1. The molecule has 0 saturated heterocycles. The SMILES string of the molecule is Cc1ccc(C(CNC(=O)c2sccc2OC(F)F)N(C)C)cc1. The van der Waals surface area contributed by atoms with Crippen LogP contribution in [-0.4, -0.2) is 38.1 Å². The molecule has 7 heteroatoms. The summed E-state index contributed by atoms with van der Waals surface area (Å²) >= 11 is 1.07. The molecule has 0 fully saturated rings. The maximum atomic E-state index is 12.4. The van der Waals surface area contributed by atoms with Crippen LogP contribution in [0.5, 0.6) is 5.75 Å². The predicted octanol–water partition coefficient (Wildman–Crippen LogP) is 3.69. The summed E-state index contributed by atoms with van der Waals surface area (Å²) in [7, 11) is 3.85. The third kappa shape index (κ3) is 4.75. The molecule has 1 aromatic carbocycles. The summed E-state index contributed by atoms with van der Waals surface area (Å²) in [5, 5.41) is 4.35. The fourth-order valence-electron chi connectivity index (χ4n) is 2.31. The Morgan fingerprint density at radius 1 is 1.25 bits per heavy atom. The summed E-state index contributed by atoms with van der Waals surface area (Å²) in [4.78, 5) is 14.4. The number of rotatable bonds is 7. The van der Waals surface area contributed by atoms with Gasteiger partial charge in [0.25, 0.3) is 5.91 Å². The normalized spacial score (nSPS) is 12.5. The van der Waals surface area contributed by atoms with Crippen LogP contribution in [0.2, 0.25) is 0 Å². The molecule has 130 valence electrons. The summed E-state index contributed by atoms with van der Waals surface area (Å²) in [6.45, 7) is -0.577. The molecule has 0 aliphatic heterocycles. The second kappa shape index (κ2) is 8.21. The smallest absolute Gasteiger partial charge is 0.387 e. The topological polar surface area (TPSA) is 41.6 Å². The van der Waals surface area contributed by atoms with Crippen LogP contribution in [-0.2, 0) is 0 Å². The van der Waals surface area contributed by atoms with E-state index < -0.39 is 12.5 Å². The molecule has 1 amide bonds. The Kier molecular flexibility index (Phi) is 6.28. The van der Waals surface area contributed by atoms with Gasteiger partial charge >= 0.3 is 6.61 Å². The van der Waals surface area contributed by atoms with Crippen LogP contribution in [0, 0.1) is 6.92 Å². The van der Waals surface area contributed by atoms with Crippen LogP contribution in [0.3, 0.4) is 0 Å². The molecule has 0 aliphatic rings. The maximum absolute atomic E-state index is 12.4. The lowest BCUT2D eigenvalue weighted by molar-refractivity contribution is -0.0498. The van der Waals surface area contributed by atoms with Crippen LogP contribution in [0.1, 0.15) is 26.8 Å². The standard InChI is InChI=1S/C17H20F2N2O2S/c1-11-4-6-12(7-5-11)13(21(2)3)10-20-16(22)15-14(8-9-24-15)23-17(18)19/h4-9,13,17H,10H2,1-3H3,(H,20,22). The zero-order chi connectivity index (χ0) is 17.7. The van der Waals surface area contributed by atoms with Gasteiger partial charge in [-0.2, -0.15) is 8.78 Å². The van der Waals surface area contributed by atoms with E-state index >= 15 is 0 Å². The molecule has 1 aromatic heterocycles. The van der Waals surface area contributed by atoms with E-state index in [1.165, 1.54) is 6.07 Å². The second-order valence-corrected chi connectivity index (χ2v) is 6.51. The summed E-state index contributed by atoms with van der Waals surface area (Å²) in [5.74, 6) is -0.510. The number of nitrogens with one attached hydrogen (secondary N) is 1. The van der Waals surface area contributed by atoms with Gasteiger partial charge in [0.15, 0.2) is 0 Å². The fraction of sp³-hybridized carbons (Fsp3) is 0.353. The van der Waals surface area contributed by atoms with Gasteiger partial charge in [0.05, 0.1) is 6.04 Å². The number of benzene rings is 1. The zero-order valence-electron chi connectivity index (χ0n) is 13.8. The third-order valence-electron chi connectivity index (χ3n) is 3.59. The summed E-state index contributed by atoms with van der Waals surface area (Å²) in [6.07, 6.45) is 0. The Morgan fingerprint density at radius 2 is 1.92 bits per heavy atom. The first-order valence-electron chi connectivity index (χ1n) is 7.42. The molecular weight excluding hydrogens is 334 g/mol. The molecule has 0 spiro atoms. The summed E-state index contributed by atoms with van der Waals surface area (Å²) in [6, 6.07) is 9.41. The van der Waals surface area contributed by atoms with Crippen molar-refractivity contribution >= 4 is 17.2 Å². The third-order valence-corrected chi connectivity index (χ3v) is 4.49. The largest absolute Gasteiger partial charge is 0.433 e. The van der Waals surface area contributed by atoms with E-state index in [4.69, 9.17) is 0 Å². The first kappa shape index (κ1) is 18.4. The Morgan fingerprint density at radius 3 is 2.50 bits per heavy atom. The van der Waals surface area contributed by atoms with Crippen LogP contribution in [0.25, 0.3) is 0 Å². The Hall–Kier alpha value is -1.99. The van der Waals surface area contributed by atoms with Gasteiger partial charge < -0.3 is 15.0 Å². The molecule has 0 bridgehead atoms. The minimum Gasteiger partial charge on any atom is -0.433 e. The van der Waals surface area contributed by atoms with Crippen molar-refractivity contribution in [2.24, 2.45) is 0 Å². The average molecular weight is 354 g/mol. The zero-order valence-corrected chi connectivity index (χ0v) is 14.6. The maximum Gasteiger partial charge on any atom is 0.387 e. The fourth-order valence-corrected chi connectivity index (χ4v) is 3.05. The van der Waals surface area contributed by atoms with Crippen molar-refractivity contribution in [2.45, 2.75) is 19.6 Å². The first-order chi connectivity index (χ1) is 11.4. The van der Waals surface area contributed by atoms with E-state index in [2.05, 4.69) is 10.1 Å². The van der Waals surface area contributed by atoms with Gasteiger partial charge in [0.2, 0.25) is 0 Å². The number of carbonyl (C=O) groups is 1. The van der Waals surface area contributed by atoms with E-state index in [1.807, 2.05) is 50.2 Å². The number of hydrogen-bond acceptors (Lipinski definition) is 4.